The second-order valence-corrected chi connectivity index (χ2v) is 5.15. The van der Waals surface area contributed by atoms with Crippen molar-refractivity contribution in [2.45, 2.75) is 39.3 Å². The van der Waals surface area contributed by atoms with Crippen LogP contribution >= 0.6 is 0 Å². The normalized spacial score (nSPS) is 12.9. The molecule has 1 atom stereocenters. The van der Waals surface area contributed by atoms with Gasteiger partial charge in [-0.2, -0.15) is 0 Å². The molecular formula is C13H17BFNO2. The first-order valence-corrected chi connectivity index (χ1v) is 5.73. The Morgan fingerprint density at radius 2 is 2.06 bits per heavy atom. The Bertz CT molecular complexity index is 443. The van der Waals surface area contributed by atoms with Crippen molar-refractivity contribution in [1.82, 2.24) is 5.32 Å². The molecule has 1 rings (SSSR count). The van der Waals surface area contributed by atoms with Crippen LogP contribution in [0.25, 0.3) is 0 Å². The van der Waals surface area contributed by atoms with Gasteiger partial charge in [-0.25, -0.2) is 9.18 Å². The van der Waals surface area contributed by atoms with Gasteiger partial charge in [-0.05, 0) is 39.3 Å². The van der Waals surface area contributed by atoms with Crippen molar-refractivity contribution >= 4 is 19.4 Å². The maximum Gasteiger partial charge on any atom is 0.408 e. The van der Waals surface area contributed by atoms with Gasteiger partial charge < -0.3 is 10.1 Å². The molecule has 0 saturated carbocycles. The number of ether oxygens (including phenoxy) is 1. The summed E-state index contributed by atoms with van der Waals surface area (Å²) in [6.45, 7) is 7.08. The Hall–Kier alpha value is -1.52. The summed E-state index contributed by atoms with van der Waals surface area (Å²) in [5.41, 5.74) is 0.159. The third kappa shape index (κ3) is 4.39. The zero-order chi connectivity index (χ0) is 13.9. The third-order valence-corrected chi connectivity index (χ3v) is 2.26. The lowest BCUT2D eigenvalue weighted by Gasteiger charge is -2.22. The monoisotopic (exact) mass is 249 g/mol. The molecule has 0 aliphatic carbocycles. The molecule has 1 amide bonds. The van der Waals surface area contributed by atoms with Crippen molar-refractivity contribution in [3.8, 4) is 0 Å². The van der Waals surface area contributed by atoms with Gasteiger partial charge in [-0.3, -0.25) is 0 Å². The molecule has 0 bridgehead atoms. The second kappa shape index (κ2) is 5.42. The summed E-state index contributed by atoms with van der Waals surface area (Å²) in [6, 6.07) is 4.09. The predicted octanol–water partition coefficient (Wildman–Crippen LogP) is 2.21. The van der Waals surface area contributed by atoms with Crippen LogP contribution in [0.15, 0.2) is 18.2 Å². The zero-order valence-electron chi connectivity index (χ0n) is 11.1. The molecule has 5 heteroatoms. The SMILES string of the molecule is [B]c1ccc(C(C)NC(=O)OC(C)(C)C)cc1F. The largest absolute Gasteiger partial charge is 0.444 e. The molecule has 1 N–H and O–H groups in total. The van der Waals surface area contributed by atoms with Crippen molar-refractivity contribution in [1.29, 1.82) is 0 Å². The Labute approximate surface area is 108 Å². The van der Waals surface area contributed by atoms with Gasteiger partial charge in [-0.1, -0.05) is 17.6 Å². The molecule has 0 saturated heterocycles. The Morgan fingerprint density at radius 3 is 2.56 bits per heavy atom. The van der Waals surface area contributed by atoms with Gasteiger partial charge in [0.25, 0.3) is 0 Å². The van der Waals surface area contributed by atoms with Crippen LogP contribution in [0.2, 0.25) is 0 Å². The maximum atomic E-state index is 13.3. The molecule has 0 aromatic heterocycles. The van der Waals surface area contributed by atoms with E-state index < -0.39 is 17.5 Å². The number of nitrogens with one attached hydrogen (secondary N) is 1. The van der Waals surface area contributed by atoms with Gasteiger partial charge in [0, 0.05) is 0 Å². The summed E-state index contributed by atoms with van der Waals surface area (Å²) in [5.74, 6) is -0.495. The molecule has 3 nitrogen and oxygen atoms in total. The van der Waals surface area contributed by atoms with E-state index in [2.05, 4.69) is 5.32 Å². The summed E-state index contributed by atoms with van der Waals surface area (Å²) in [7, 11) is 5.39. The molecule has 0 spiro atoms. The second-order valence-electron chi connectivity index (χ2n) is 5.15. The van der Waals surface area contributed by atoms with Crippen molar-refractivity contribution in [2.75, 3.05) is 0 Å². The van der Waals surface area contributed by atoms with E-state index in [9.17, 15) is 9.18 Å². The third-order valence-electron chi connectivity index (χ3n) is 2.26. The average molecular weight is 249 g/mol. The van der Waals surface area contributed by atoms with E-state index in [1.54, 1.807) is 33.8 Å². The van der Waals surface area contributed by atoms with E-state index in [4.69, 9.17) is 12.6 Å². The number of rotatable bonds is 2. The molecule has 0 aliphatic rings. The summed E-state index contributed by atoms with van der Waals surface area (Å²) in [5, 5.41) is 2.63. The van der Waals surface area contributed by atoms with Crippen LogP contribution in [0, 0.1) is 5.82 Å². The van der Waals surface area contributed by atoms with E-state index in [1.807, 2.05) is 0 Å². The van der Waals surface area contributed by atoms with E-state index in [-0.39, 0.29) is 11.5 Å². The molecule has 1 unspecified atom stereocenters. The highest BCUT2D eigenvalue weighted by Crippen LogP contribution is 2.14. The number of benzene rings is 1. The average Bonchev–Trinajstić information content (AvgIpc) is 2.18. The van der Waals surface area contributed by atoms with Crippen molar-refractivity contribution < 1.29 is 13.9 Å². The van der Waals surface area contributed by atoms with E-state index in [1.165, 1.54) is 12.1 Å². The molecule has 18 heavy (non-hydrogen) atoms. The van der Waals surface area contributed by atoms with Crippen LogP contribution in [0.1, 0.15) is 39.3 Å². The number of halogens is 1. The zero-order valence-corrected chi connectivity index (χ0v) is 11.1. The minimum absolute atomic E-state index is 0.0863. The molecule has 1 aromatic rings. The summed E-state index contributed by atoms with van der Waals surface area (Å²) < 4.78 is 18.4. The quantitative estimate of drug-likeness (QED) is 0.816. The van der Waals surface area contributed by atoms with Crippen LogP contribution < -0.4 is 10.8 Å². The van der Waals surface area contributed by atoms with Crippen molar-refractivity contribution in [2.24, 2.45) is 0 Å². The highest BCUT2D eigenvalue weighted by molar-refractivity contribution is 6.32. The Morgan fingerprint density at radius 1 is 1.44 bits per heavy atom. The summed E-state index contributed by atoms with van der Waals surface area (Å²) >= 11 is 0. The number of hydrogen-bond acceptors (Lipinski definition) is 2. The van der Waals surface area contributed by atoms with Crippen LogP contribution in [-0.2, 0) is 4.74 Å². The van der Waals surface area contributed by atoms with Crippen molar-refractivity contribution in [3.05, 3.63) is 29.6 Å². The molecule has 1 aromatic carbocycles. The number of alkyl carbamates (subject to hydrolysis) is 1. The van der Waals surface area contributed by atoms with Gasteiger partial charge in [0.1, 0.15) is 19.3 Å². The van der Waals surface area contributed by atoms with Gasteiger partial charge in [0.15, 0.2) is 0 Å². The standard InChI is InChI=1S/C13H17BFNO2/c1-8(16-12(17)18-13(2,3)4)9-5-6-10(14)11(15)7-9/h5-8H,1-4H3,(H,16,17). The Balaban J connectivity index is 2.68. The van der Waals surface area contributed by atoms with Crippen LogP contribution in [-0.4, -0.2) is 19.5 Å². The fraction of sp³-hybridized carbons (Fsp3) is 0.462. The topological polar surface area (TPSA) is 38.3 Å². The minimum Gasteiger partial charge on any atom is -0.444 e. The van der Waals surface area contributed by atoms with Crippen LogP contribution in [0.5, 0.6) is 0 Å². The lowest BCUT2D eigenvalue weighted by Crippen LogP contribution is -2.34. The summed E-state index contributed by atoms with van der Waals surface area (Å²) in [6.07, 6.45) is -0.535. The molecular weight excluding hydrogens is 232 g/mol. The Kier molecular flexibility index (Phi) is 4.38. The predicted molar refractivity (Wildman–Crippen MR) is 69.6 cm³/mol. The van der Waals surface area contributed by atoms with Gasteiger partial charge in [0.05, 0.1) is 6.04 Å². The lowest BCUT2D eigenvalue weighted by atomic mass is 9.93. The molecule has 0 fully saturated rings. The summed E-state index contributed by atoms with van der Waals surface area (Å²) in [4.78, 5) is 11.5. The molecule has 96 valence electrons. The van der Waals surface area contributed by atoms with E-state index >= 15 is 0 Å². The van der Waals surface area contributed by atoms with Gasteiger partial charge in [0.2, 0.25) is 0 Å². The first-order chi connectivity index (χ1) is 8.19. The van der Waals surface area contributed by atoms with E-state index in [0.29, 0.717) is 5.56 Å². The molecule has 2 radical (unpaired) electrons. The molecule has 0 aliphatic heterocycles. The fourth-order valence-electron chi connectivity index (χ4n) is 1.38. The number of amides is 1. The molecule has 0 heterocycles. The number of carbonyl (C=O) groups is 1. The fourth-order valence-corrected chi connectivity index (χ4v) is 1.38. The van der Waals surface area contributed by atoms with E-state index in [0.717, 1.165) is 0 Å². The lowest BCUT2D eigenvalue weighted by molar-refractivity contribution is 0.0508. The van der Waals surface area contributed by atoms with Crippen molar-refractivity contribution in [3.63, 3.8) is 0 Å². The highest BCUT2D eigenvalue weighted by Gasteiger charge is 2.18. The number of hydrogen-bond donors (Lipinski definition) is 1. The minimum atomic E-state index is -0.559. The first kappa shape index (κ1) is 14.5. The van der Waals surface area contributed by atoms with Crippen LogP contribution in [0.4, 0.5) is 9.18 Å². The van der Waals surface area contributed by atoms with Gasteiger partial charge in [-0.15, -0.1) is 0 Å². The number of carbonyl (C=O) groups excluding carboxylic acids is 1. The van der Waals surface area contributed by atoms with Crippen LogP contribution in [0.3, 0.4) is 0 Å². The van der Waals surface area contributed by atoms with Gasteiger partial charge >= 0.3 is 6.09 Å². The highest BCUT2D eigenvalue weighted by atomic mass is 19.1. The maximum absolute atomic E-state index is 13.3. The first-order valence-electron chi connectivity index (χ1n) is 5.73. The smallest absolute Gasteiger partial charge is 0.408 e.